The lowest BCUT2D eigenvalue weighted by atomic mass is 10.1. The van der Waals surface area contributed by atoms with Crippen LogP contribution in [-0.4, -0.2) is 23.3 Å². The first-order valence-corrected chi connectivity index (χ1v) is 8.84. The van der Waals surface area contributed by atoms with Crippen molar-refractivity contribution in [1.82, 2.24) is 10.3 Å². The van der Waals surface area contributed by atoms with E-state index in [1.165, 1.54) is 16.5 Å². The van der Waals surface area contributed by atoms with Gasteiger partial charge in [-0.15, -0.1) is 24.2 Å². The minimum atomic E-state index is 0. The van der Waals surface area contributed by atoms with Crippen LogP contribution in [0.3, 0.4) is 0 Å². The molecule has 24 heavy (non-hydrogen) atoms. The summed E-state index contributed by atoms with van der Waals surface area (Å²) in [5.74, 6) is 0.967. The molecular formula is C20H23ClN2S. The van der Waals surface area contributed by atoms with Gasteiger partial charge in [0.2, 0.25) is 0 Å². The predicted octanol–water partition coefficient (Wildman–Crippen LogP) is 5.41. The molecule has 1 aromatic heterocycles. The smallest absolute Gasteiger partial charge is 0.105 e. The van der Waals surface area contributed by atoms with E-state index < -0.39 is 0 Å². The summed E-state index contributed by atoms with van der Waals surface area (Å²) in [5.41, 5.74) is 3.56. The van der Waals surface area contributed by atoms with Crippen LogP contribution >= 0.6 is 24.2 Å². The Morgan fingerprint density at radius 3 is 2.38 bits per heavy atom. The Hall–Kier alpha value is -1.55. The van der Waals surface area contributed by atoms with E-state index in [2.05, 4.69) is 73.8 Å². The topological polar surface area (TPSA) is 24.9 Å². The van der Waals surface area contributed by atoms with Gasteiger partial charge in [-0.3, -0.25) is 0 Å². The van der Waals surface area contributed by atoms with Crippen LogP contribution in [0.15, 0.2) is 65.7 Å². The van der Waals surface area contributed by atoms with Gasteiger partial charge in [-0.1, -0.05) is 48.5 Å². The zero-order valence-electron chi connectivity index (χ0n) is 14.2. The van der Waals surface area contributed by atoms with Crippen molar-refractivity contribution in [3.63, 3.8) is 0 Å². The Balaban J connectivity index is 0.00000208. The van der Waals surface area contributed by atoms with Gasteiger partial charge in [-0.2, -0.15) is 0 Å². The standard InChI is InChI=1S/C20H22N2S.ClH/c1-20(2,21-3)14-23-19-17(15-9-5-4-6-10-15)13-16-11-7-8-12-18(16)22-19;/h4-13,21H,14H2,1-3H3;1H. The zero-order chi connectivity index (χ0) is 16.3. The van der Waals surface area contributed by atoms with Gasteiger partial charge in [0.05, 0.1) is 5.52 Å². The van der Waals surface area contributed by atoms with E-state index in [9.17, 15) is 0 Å². The summed E-state index contributed by atoms with van der Waals surface area (Å²) in [7, 11) is 2.01. The van der Waals surface area contributed by atoms with Crippen LogP contribution in [0, 0.1) is 0 Å². The first-order valence-electron chi connectivity index (χ1n) is 7.86. The molecule has 1 heterocycles. The Bertz CT molecular complexity index is 803. The molecule has 0 spiro atoms. The van der Waals surface area contributed by atoms with Gasteiger partial charge in [0.15, 0.2) is 0 Å². The maximum atomic E-state index is 4.92. The maximum Gasteiger partial charge on any atom is 0.105 e. The SMILES string of the molecule is CNC(C)(C)CSc1nc2ccccc2cc1-c1ccccc1.Cl. The van der Waals surface area contributed by atoms with E-state index in [1.807, 2.05) is 24.9 Å². The molecule has 2 nitrogen and oxygen atoms in total. The third kappa shape index (κ3) is 4.29. The number of rotatable bonds is 5. The fourth-order valence-electron chi connectivity index (χ4n) is 2.35. The Labute approximate surface area is 154 Å². The third-order valence-corrected chi connectivity index (χ3v) is 5.47. The van der Waals surface area contributed by atoms with Gasteiger partial charge in [-0.25, -0.2) is 4.98 Å². The highest BCUT2D eigenvalue weighted by Gasteiger charge is 2.17. The van der Waals surface area contributed by atoms with Gasteiger partial charge in [-0.05, 0) is 38.6 Å². The molecule has 0 saturated carbocycles. The summed E-state index contributed by atoms with van der Waals surface area (Å²) in [6, 6.07) is 21.1. The first-order chi connectivity index (χ1) is 11.1. The summed E-state index contributed by atoms with van der Waals surface area (Å²) in [6.07, 6.45) is 0. The van der Waals surface area contributed by atoms with Gasteiger partial charge in [0, 0.05) is 22.2 Å². The van der Waals surface area contributed by atoms with E-state index in [0.29, 0.717) is 0 Å². The van der Waals surface area contributed by atoms with Crippen molar-refractivity contribution in [2.24, 2.45) is 0 Å². The van der Waals surface area contributed by atoms with Crippen molar-refractivity contribution >= 4 is 35.1 Å². The average Bonchev–Trinajstić information content (AvgIpc) is 2.60. The van der Waals surface area contributed by atoms with Gasteiger partial charge in [0.1, 0.15) is 5.03 Å². The second-order valence-corrected chi connectivity index (χ2v) is 7.29. The molecule has 0 fully saturated rings. The number of hydrogen-bond donors (Lipinski definition) is 1. The van der Waals surface area contributed by atoms with Gasteiger partial charge in [0.25, 0.3) is 0 Å². The second-order valence-electron chi connectivity index (χ2n) is 6.32. The second kappa shape index (κ2) is 8.02. The van der Waals surface area contributed by atoms with Crippen molar-refractivity contribution < 1.29 is 0 Å². The molecule has 0 amide bonds. The number of fused-ring (bicyclic) bond motifs is 1. The molecule has 0 radical (unpaired) electrons. The monoisotopic (exact) mass is 358 g/mol. The molecule has 1 N–H and O–H groups in total. The van der Waals surface area contributed by atoms with Crippen molar-refractivity contribution in [2.75, 3.05) is 12.8 Å². The lowest BCUT2D eigenvalue weighted by Gasteiger charge is -2.23. The van der Waals surface area contributed by atoms with Crippen molar-refractivity contribution in [3.05, 3.63) is 60.7 Å². The number of hydrogen-bond acceptors (Lipinski definition) is 3. The maximum absolute atomic E-state index is 4.92. The lowest BCUT2D eigenvalue weighted by molar-refractivity contribution is 0.478. The summed E-state index contributed by atoms with van der Waals surface area (Å²) < 4.78 is 0. The fraction of sp³-hybridized carbons (Fsp3) is 0.250. The minimum absolute atomic E-state index is 0. The van der Waals surface area contributed by atoms with E-state index >= 15 is 0 Å². The van der Waals surface area contributed by atoms with E-state index in [-0.39, 0.29) is 17.9 Å². The zero-order valence-corrected chi connectivity index (χ0v) is 15.9. The highest BCUT2D eigenvalue weighted by atomic mass is 35.5. The van der Waals surface area contributed by atoms with Crippen LogP contribution in [-0.2, 0) is 0 Å². The van der Waals surface area contributed by atoms with Crippen molar-refractivity contribution in [2.45, 2.75) is 24.4 Å². The summed E-state index contributed by atoms with van der Waals surface area (Å²) in [5, 5.41) is 5.64. The largest absolute Gasteiger partial charge is 0.314 e. The summed E-state index contributed by atoms with van der Waals surface area (Å²) >= 11 is 1.81. The van der Waals surface area contributed by atoms with Gasteiger partial charge >= 0.3 is 0 Å². The molecule has 0 saturated heterocycles. The minimum Gasteiger partial charge on any atom is -0.314 e. The Kier molecular flexibility index (Phi) is 6.27. The van der Waals surface area contributed by atoms with Crippen molar-refractivity contribution in [1.29, 1.82) is 0 Å². The number of aromatic nitrogens is 1. The van der Waals surface area contributed by atoms with Crippen LogP contribution in [0.25, 0.3) is 22.0 Å². The molecule has 0 bridgehead atoms. The van der Waals surface area contributed by atoms with E-state index in [4.69, 9.17) is 4.98 Å². The Morgan fingerprint density at radius 1 is 1.00 bits per heavy atom. The number of thioether (sulfide) groups is 1. The average molecular weight is 359 g/mol. The number of halogens is 1. The normalized spacial score (nSPS) is 11.3. The molecular weight excluding hydrogens is 336 g/mol. The third-order valence-electron chi connectivity index (χ3n) is 4.02. The molecule has 0 aliphatic carbocycles. The number of para-hydroxylation sites is 1. The first kappa shape index (κ1) is 18.8. The van der Waals surface area contributed by atoms with Crippen LogP contribution in [0.2, 0.25) is 0 Å². The van der Waals surface area contributed by atoms with Gasteiger partial charge < -0.3 is 5.32 Å². The molecule has 2 aromatic carbocycles. The van der Waals surface area contributed by atoms with E-state index in [1.54, 1.807) is 0 Å². The Morgan fingerprint density at radius 2 is 1.67 bits per heavy atom. The molecule has 3 aromatic rings. The molecule has 3 rings (SSSR count). The number of benzene rings is 2. The molecule has 4 heteroatoms. The van der Waals surface area contributed by atoms with E-state index in [0.717, 1.165) is 16.3 Å². The van der Waals surface area contributed by atoms with Crippen LogP contribution in [0.1, 0.15) is 13.8 Å². The highest BCUT2D eigenvalue weighted by Crippen LogP contribution is 2.34. The number of pyridine rings is 1. The number of nitrogens with zero attached hydrogens (tertiary/aromatic N) is 1. The fourth-order valence-corrected chi connectivity index (χ4v) is 3.49. The molecule has 0 atom stereocenters. The van der Waals surface area contributed by atoms with Crippen LogP contribution < -0.4 is 5.32 Å². The molecule has 0 aliphatic heterocycles. The van der Waals surface area contributed by atoms with Crippen LogP contribution in [0.5, 0.6) is 0 Å². The predicted molar refractivity (Wildman–Crippen MR) is 108 cm³/mol. The van der Waals surface area contributed by atoms with Crippen LogP contribution in [0.4, 0.5) is 0 Å². The van der Waals surface area contributed by atoms with Crippen molar-refractivity contribution in [3.8, 4) is 11.1 Å². The molecule has 126 valence electrons. The quantitative estimate of drug-likeness (QED) is 0.617. The molecule has 0 aliphatic rings. The molecule has 0 unspecified atom stereocenters. The summed E-state index contributed by atoms with van der Waals surface area (Å²) in [6.45, 7) is 4.42. The summed E-state index contributed by atoms with van der Waals surface area (Å²) in [4.78, 5) is 4.92. The number of nitrogens with one attached hydrogen (secondary N) is 1. The lowest BCUT2D eigenvalue weighted by Crippen LogP contribution is -2.38. The highest BCUT2D eigenvalue weighted by molar-refractivity contribution is 7.99.